The van der Waals surface area contributed by atoms with E-state index in [0.29, 0.717) is 58.7 Å². The molecule has 0 unspecified atom stereocenters. The molecule has 4 fully saturated rings. The number of anilines is 2. The van der Waals surface area contributed by atoms with Crippen LogP contribution in [-0.2, 0) is 31.7 Å². The van der Waals surface area contributed by atoms with E-state index in [0.717, 1.165) is 160 Å². The molecule has 35 heteroatoms. The average Bonchev–Trinajstić information content (AvgIpc) is 1.67. The Kier molecular flexibility index (Phi) is 34.5. The Morgan fingerprint density at radius 1 is 0.587 bits per heavy atom. The van der Waals surface area contributed by atoms with E-state index in [9.17, 15) is 23.5 Å². The van der Waals surface area contributed by atoms with Crippen LogP contribution < -0.4 is 23.1 Å². The number of carboxylic acids is 1. The van der Waals surface area contributed by atoms with Gasteiger partial charge in [0.25, 0.3) is 0 Å². The number of piperazine rings is 2. The Morgan fingerprint density at radius 2 is 0.989 bits per heavy atom. The van der Waals surface area contributed by atoms with Crippen molar-refractivity contribution in [3.05, 3.63) is 143 Å². The quantitative estimate of drug-likeness (QED) is 0.0510. The molecule has 0 atom stereocenters. The zero-order chi connectivity index (χ0) is 65.7. The zero-order valence-electron chi connectivity index (χ0n) is 48.7. The van der Waals surface area contributed by atoms with Crippen LogP contribution in [0, 0.1) is 11.6 Å². The third-order valence-corrected chi connectivity index (χ3v) is 1260. The van der Waals surface area contributed by atoms with Gasteiger partial charge in [-0.1, -0.05) is 34.6 Å². The maximum atomic E-state index is 14.5. The van der Waals surface area contributed by atoms with Gasteiger partial charge in [0.15, 0.2) is 0 Å². The van der Waals surface area contributed by atoms with E-state index in [-0.39, 0.29) is 72.9 Å². The van der Waals surface area contributed by atoms with Crippen LogP contribution >= 0.6 is 249 Å². The van der Waals surface area contributed by atoms with Crippen LogP contribution in [0.5, 0.6) is 0 Å². The van der Waals surface area contributed by atoms with Crippen LogP contribution in [0.15, 0.2) is 106 Å². The summed E-state index contributed by atoms with van der Waals surface area (Å²) in [6.45, 7) is 9.09. The van der Waals surface area contributed by atoms with Crippen LogP contribution in [0.2, 0.25) is 0 Å². The summed E-state index contributed by atoms with van der Waals surface area (Å²) in [4.78, 5) is 33.3. The number of aryl methyl sites for hydroxylation is 2. The van der Waals surface area contributed by atoms with E-state index in [1.807, 2.05) is 59.8 Å². The van der Waals surface area contributed by atoms with E-state index in [2.05, 4.69) is 234 Å². The standard InChI is InChI=1S/C29H31FN4O3.C28H29FN4O3.I19/c1-32-18-24(29(35)36-2)21-10-9-20(17-26(21)32)34-15-13-33(14-16-34)12-11-23-27(22-5-3-4-6-25(22)30)31-37-28(23)19-7-8-19;1-31-17-23(28(34)35)20-9-8-19(16-25(20)31)33-14-12-32(13-15-33)11-10-22-26(21-4-2-3-5-24(21)29)30-36-27(22)18-6-7-18;1-11-13(4)15(6)17(8)19(10)18(9)16(7)14(5)12(2)3/h3-6,9-10,17-19H,7-8,11-16H2,1-2H3;2-5,8-9,16-18H,6-7,10-15H2,1H3,(H,34,35);/q;;-1. The summed E-state index contributed by atoms with van der Waals surface area (Å²) in [6.07, 6.45) is 9.53. The van der Waals surface area contributed by atoms with Crippen molar-refractivity contribution >= 4 is 294 Å². The minimum absolute atomic E-state index is 0.262. The Bertz CT molecular complexity index is 3840. The first-order valence-electron chi connectivity index (χ1n) is 28.0. The number of rotatable bonds is 22. The van der Waals surface area contributed by atoms with E-state index < -0.39 is 13.9 Å². The van der Waals surface area contributed by atoms with Crippen LogP contribution in [-0.4, -0.2) is 119 Å². The number of hydrogen-bond donors (Lipinski definition) is 1. The zero-order valence-corrected chi connectivity index (χ0v) is 89.7. The van der Waals surface area contributed by atoms with Crippen molar-refractivity contribution in [2.75, 3.05) is 82.4 Å². The molecule has 2 saturated heterocycles. The van der Waals surface area contributed by atoms with Crippen molar-refractivity contribution in [3.8, 4) is 22.5 Å². The predicted octanol–water partition coefficient (Wildman–Crippen LogP) is 22.9. The van der Waals surface area contributed by atoms with Crippen molar-refractivity contribution in [1.29, 1.82) is 0 Å². The van der Waals surface area contributed by atoms with Crippen LogP contribution in [0.1, 0.15) is 80.9 Å². The van der Waals surface area contributed by atoms with E-state index in [1.165, 1.54) is 19.2 Å². The molecule has 92 heavy (non-hydrogen) atoms. The molecule has 12 rings (SSSR count). The second kappa shape index (κ2) is 39.1. The van der Waals surface area contributed by atoms with Gasteiger partial charge >= 0.3 is 275 Å². The number of hydrogen-bond acceptors (Lipinski definition) is 11. The van der Waals surface area contributed by atoms with E-state index >= 15 is 0 Å². The molecule has 1 N–H and O–H groups in total. The maximum absolute atomic E-state index is 14.5. The van der Waals surface area contributed by atoms with Crippen molar-refractivity contribution in [3.63, 3.8) is 0 Å². The Morgan fingerprint density at radius 3 is 1.38 bits per heavy atom. The van der Waals surface area contributed by atoms with Gasteiger partial charge in [-0.25, -0.2) is 18.4 Å². The normalized spacial score (nSPS) is 16.8. The van der Waals surface area contributed by atoms with Gasteiger partial charge in [0.1, 0.15) is 34.5 Å². The fraction of sp³-hybridized carbons (Fsp3) is 0.368. The SMILES string of the molecule is COC(=O)c1cn(C)c2cc(N3CCN(CCc4c(-c5ccccc5F)noc4C4CC4)CC3)ccc12.Cn1cc(C(=O)O)c2ccc(N3CCN(CCc4c(-c5ccccc5F)noc4C4CC4)CC3)cc21.I[I-]I(I)I(I)I(I)I(I)I(I)I(I)I(I)I(I)I. The summed E-state index contributed by atoms with van der Waals surface area (Å²) in [5.74, 6) is 0.963. The molecule has 0 radical (unpaired) electrons. The fourth-order valence-electron chi connectivity index (χ4n) is 11.0. The molecule has 2 aliphatic heterocycles. The molecule has 4 aliphatic rings. The molecule has 512 valence electrons. The number of methoxy groups -OCH3 is 1. The number of aromatic carboxylic acids is 1. The number of esters is 1. The molecule has 0 amide bonds. The third kappa shape index (κ3) is 21.1. The van der Waals surface area contributed by atoms with Crippen molar-refractivity contribution in [1.82, 2.24) is 29.2 Å². The first kappa shape index (κ1) is 81.1. The monoisotopic (exact) mass is 3400 g/mol. The molecule has 8 aromatic rings. The number of carbonyl (C=O) groups is 2. The van der Waals surface area contributed by atoms with Gasteiger partial charge in [-0.05, 0) is 99.2 Å². The minimum atomic E-state index is -0.905. The van der Waals surface area contributed by atoms with Crippen molar-refractivity contribution in [2.24, 2.45) is 14.1 Å². The Hall–Kier alpha value is 6.57. The number of fused-ring (bicyclic) bond motifs is 2. The van der Waals surface area contributed by atoms with E-state index in [1.54, 1.807) is 30.5 Å². The number of aromatic nitrogens is 4. The summed E-state index contributed by atoms with van der Waals surface area (Å²) in [5, 5.41) is 19.7. The van der Waals surface area contributed by atoms with Gasteiger partial charge in [0.05, 0.1) is 29.3 Å². The van der Waals surface area contributed by atoms with Crippen LogP contribution in [0.3, 0.4) is 0 Å². The number of halogens is 21. The summed E-state index contributed by atoms with van der Waals surface area (Å²) < 4.78 is 49.3. The molecule has 0 spiro atoms. The van der Waals surface area contributed by atoms with Gasteiger partial charge < -0.3 is 37.8 Å². The molecule has 14 nitrogen and oxygen atoms in total. The van der Waals surface area contributed by atoms with Gasteiger partial charge in [0, 0.05) is 148 Å². The molecule has 4 aromatic heterocycles. The number of nitrogens with zero attached hydrogens (tertiary/aromatic N) is 8. The summed E-state index contributed by atoms with van der Waals surface area (Å²) in [7, 11) is 2.26. The van der Waals surface area contributed by atoms with Gasteiger partial charge in [-0.15, -0.1) is 0 Å². The van der Waals surface area contributed by atoms with Crippen molar-refractivity contribution in [2.45, 2.75) is 50.4 Å². The number of carboxylic acid groups (broad SMARTS) is 1. The number of ether oxygens (including phenoxy) is 1. The fourth-order valence-corrected chi connectivity index (χ4v) is 2740. The second-order valence-electron chi connectivity index (χ2n) is 21.3. The topological polar surface area (TPSA) is 138 Å². The molecule has 0 bridgehead atoms. The first-order chi connectivity index (χ1) is 44.2. The van der Waals surface area contributed by atoms with Crippen molar-refractivity contribution < 1.29 is 50.5 Å². The van der Waals surface area contributed by atoms with Gasteiger partial charge in [-0.2, -0.15) is 0 Å². The number of carbonyl (C=O) groups excluding carboxylic acids is 1. The molecular formula is C57H60F2I19N8O6-. The third-order valence-electron chi connectivity index (χ3n) is 15.8. The van der Waals surface area contributed by atoms with Gasteiger partial charge in [0.2, 0.25) is 0 Å². The summed E-state index contributed by atoms with van der Waals surface area (Å²) in [6, 6.07) is 25.8. The van der Waals surface area contributed by atoms with E-state index in [4.69, 9.17) is 13.8 Å². The van der Waals surface area contributed by atoms with Crippen LogP contribution in [0.4, 0.5) is 20.2 Å². The molecule has 2 aliphatic carbocycles. The molecule has 2 saturated carbocycles. The molecule has 6 heterocycles. The van der Waals surface area contributed by atoms with Crippen LogP contribution in [0.25, 0.3) is 44.3 Å². The average molecular weight is 3400 g/mol. The number of benzene rings is 4. The second-order valence-corrected chi connectivity index (χ2v) is 427. The molecular weight excluding hydrogens is 3340 g/mol. The van der Waals surface area contributed by atoms with Gasteiger partial charge in [-0.3, -0.25) is 9.80 Å². The Labute approximate surface area is 669 Å². The molecule has 4 aromatic carbocycles. The predicted molar refractivity (Wildman–Crippen MR) is 529 cm³/mol. The summed E-state index contributed by atoms with van der Waals surface area (Å²) >= 11 is 30.9. The summed E-state index contributed by atoms with van der Waals surface area (Å²) in [5.41, 5.74) is 9.56. The Balaban J connectivity index is 0.000000160. The first-order valence-corrected chi connectivity index (χ1v) is 141.